The number of carbonyl (C=O) groups is 2. The average molecular weight is 336 g/mol. The van der Waals surface area contributed by atoms with Gasteiger partial charge in [-0.25, -0.2) is 4.98 Å². The lowest BCUT2D eigenvalue weighted by Gasteiger charge is -2.33. The molecule has 0 bridgehead atoms. The zero-order chi connectivity index (χ0) is 17.6. The Kier molecular flexibility index (Phi) is 6.10. The summed E-state index contributed by atoms with van der Waals surface area (Å²) in [5.74, 6) is 0.323. The topological polar surface area (TPSA) is 92.8 Å². The number of hydrogen-bond acceptors (Lipinski definition) is 6. The van der Waals surface area contributed by atoms with Crippen molar-refractivity contribution in [3.05, 3.63) is 23.9 Å². The van der Waals surface area contributed by atoms with Crippen molar-refractivity contribution in [2.45, 2.75) is 12.0 Å². The fourth-order valence-corrected chi connectivity index (χ4v) is 2.65. The molecule has 0 aliphatic carbocycles. The number of anilines is 1. The minimum Gasteiger partial charge on any atom is -0.377 e. The molecular weight excluding hydrogens is 312 g/mol. The van der Waals surface area contributed by atoms with E-state index in [0.29, 0.717) is 24.5 Å². The molecule has 1 aliphatic heterocycles. The van der Waals surface area contributed by atoms with Gasteiger partial charge in [-0.05, 0) is 12.1 Å². The number of ether oxygens (including phenoxy) is 2. The van der Waals surface area contributed by atoms with Crippen molar-refractivity contribution in [2.75, 3.05) is 52.8 Å². The lowest BCUT2D eigenvalue weighted by Crippen LogP contribution is -2.50. The fraction of sp³-hybridized carbons (Fsp3) is 0.562. The van der Waals surface area contributed by atoms with E-state index < -0.39 is 5.60 Å². The van der Waals surface area contributed by atoms with Crippen molar-refractivity contribution >= 4 is 17.6 Å². The number of hydrogen-bond donors (Lipinski definition) is 2. The number of rotatable bonds is 5. The second-order valence-electron chi connectivity index (χ2n) is 5.70. The minimum absolute atomic E-state index is 0.127. The van der Waals surface area contributed by atoms with Crippen LogP contribution < -0.4 is 10.6 Å². The summed E-state index contributed by atoms with van der Waals surface area (Å²) >= 11 is 0. The van der Waals surface area contributed by atoms with Gasteiger partial charge in [0.05, 0.1) is 26.2 Å². The van der Waals surface area contributed by atoms with Crippen LogP contribution in [0.1, 0.15) is 16.8 Å². The number of amides is 2. The molecule has 2 amide bonds. The van der Waals surface area contributed by atoms with Crippen molar-refractivity contribution in [1.82, 2.24) is 15.2 Å². The molecule has 0 saturated carbocycles. The van der Waals surface area contributed by atoms with Gasteiger partial charge in [-0.1, -0.05) is 0 Å². The molecule has 2 heterocycles. The first kappa shape index (κ1) is 18.2. The van der Waals surface area contributed by atoms with Crippen LogP contribution in [0.4, 0.5) is 5.82 Å². The molecular formula is C16H24N4O4. The van der Waals surface area contributed by atoms with Crippen LogP contribution in [0, 0.1) is 0 Å². The highest BCUT2D eigenvalue weighted by Crippen LogP contribution is 2.22. The molecule has 0 radical (unpaired) electrons. The highest BCUT2D eigenvalue weighted by atomic mass is 16.5. The van der Waals surface area contributed by atoms with Crippen molar-refractivity contribution in [1.29, 1.82) is 0 Å². The van der Waals surface area contributed by atoms with Gasteiger partial charge in [0.2, 0.25) is 5.91 Å². The third-order valence-electron chi connectivity index (χ3n) is 4.09. The standard InChI is InChI=1S/C16H24N4O4/c1-17-13-8-12(4-5-19-13)15(22)20-6-7-24-11-16(10-20,23-3)9-14(21)18-2/h4-5,8H,6-7,9-11H2,1-3H3,(H,17,19)(H,18,21). The van der Waals surface area contributed by atoms with Gasteiger partial charge in [-0.3, -0.25) is 9.59 Å². The van der Waals surface area contributed by atoms with Gasteiger partial charge < -0.3 is 25.0 Å². The molecule has 2 rings (SSSR count). The fourth-order valence-electron chi connectivity index (χ4n) is 2.65. The first-order valence-electron chi connectivity index (χ1n) is 7.80. The Balaban J connectivity index is 2.21. The highest BCUT2D eigenvalue weighted by Gasteiger charge is 2.38. The predicted molar refractivity (Wildman–Crippen MR) is 88.9 cm³/mol. The van der Waals surface area contributed by atoms with E-state index in [1.165, 1.54) is 7.11 Å². The Morgan fingerprint density at radius 3 is 2.92 bits per heavy atom. The number of nitrogens with one attached hydrogen (secondary N) is 2. The molecule has 1 saturated heterocycles. The van der Waals surface area contributed by atoms with Gasteiger partial charge in [-0.2, -0.15) is 0 Å². The number of methoxy groups -OCH3 is 1. The van der Waals surface area contributed by atoms with Crippen LogP contribution in [0.5, 0.6) is 0 Å². The van der Waals surface area contributed by atoms with Crippen LogP contribution >= 0.6 is 0 Å². The van der Waals surface area contributed by atoms with Crippen LogP contribution in [-0.4, -0.2) is 74.8 Å². The van der Waals surface area contributed by atoms with Crippen LogP contribution in [-0.2, 0) is 14.3 Å². The Morgan fingerprint density at radius 1 is 1.46 bits per heavy atom. The van der Waals surface area contributed by atoms with E-state index in [-0.39, 0.29) is 31.4 Å². The Morgan fingerprint density at radius 2 is 2.25 bits per heavy atom. The van der Waals surface area contributed by atoms with Crippen LogP contribution in [0.2, 0.25) is 0 Å². The molecule has 1 fully saturated rings. The molecule has 1 aromatic heterocycles. The first-order chi connectivity index (χ1) is 11.5. The molecule has 0 spiro atoms. The molecule has 24 heavy (non-hydrogen) atoms. The van der Waals surface area contributed by atoms with Gasteiger partial charge >= 0.3 is 0 Å². The van der Waals surface area contributed by atoms with E-state index in [1.54, 1.807) is 37.3 Å². The Hall–Kier alpha value is -2.19. The van der Waals surface area contributed by atoms with Crippen molar-refractivity contribution < 1.29 is 19.1 Å². The number of carbonyl (C=O) groups excluding carboxylic acids is 2. The molecule has 2 N–H and O–H groups in total. The quantitative estimate of drug-likeness (QED) is 0.793. The normalized spacial score (nSPS) is 21.0. The van der Waals surface area contributed by atoms with E-state index in [4.69, 9.17) is 9.47 Å². The lowest BCUT2D eigenvalue weighted by molar-refractivity contribution is -0.131. The Bertz CT molecular complexity index is 595. The molecule has 8 nitrogen and oxygen atoms in total. The summed E-state index contributed by atoms with van der Waals surface area (Å²) in [6, 6.07) is 3.36. The molecule has 8 heteroatoms. The second-order valence-corrected chi connectivity index (χ2v) is 5.70. The summed E-state index contributed by atoms with van der Waals surface area (Å²) in [5.41, 5.74) is -0.327. The SMILES string of the molecule is CNC(=O)CC1(OC)COCCN(C(=O)c2ccnc(NC)c2)C1. The van der Waals surface area contributed by atoms with Crippen LogP contribution in [0.15, 0.2) is 18.3 Å². The minimum atomic E-state index is -0.856. The van der Waals surface area contributed by atoms with Gasteiger partial charge in [0, 0.05) is 39.5 Å². The van der Waals surface area contributed by atoms with Crippen molar-refractivity contribution in [2.24, 2.45) is 0 Å². The lowest BCUT2D eigenvalue weighted by atomic mass is 9.98. The molecule has 1 unspecified atom stereocenters. The van der Waals surface area contributed by atoms with E-state index in [0.717, 1.165) is 0 Å². The maximum Gasteiger partial charge on any atom is 0.254 e. The highest BCUT2D eigenvalue weighted by molar-refractivity contribution is 5.95. The van der Waals surface area contributed by atoms with Gasteiger partial charge in [0.1, 0.15) is 11.4 Å². The van der Waals surface area contributed by atoms with Gasteiger partial charge in [-0.15, -0.1) is 0 Å². The number of pyridine rings is 1. The first-order valence-corrected chi connectivity index (χ1v) is 7.80. The molecule has 1 atom stereocenters. The molecule has 1 aliphatic rings. The number of aromatic nitrogens is 1. The average Bonchev–Trinajstić information content (AvgIpc) is 2.84. The van der Waals surface area contributed by atoms with E-state index in [9.17, 15) is 9.59 Å². The van der Waals surface area contributed by atoms with Crippen LogP contribution in [0.25, 0.3) is 0 Å². The van der Waals surface area contributed by atoms with E-state index in [1.807, 2.05) is 0 Å². The zero-order valence-corrected chi connectivity index (χ0v) is 14.3. The summed E-state index contributed by atoms with van der Waals surface area (Å²) in [6.07, 6.45) is 1.71. The second kappa shape index (κ2) is 8.07. The summed E-state index contributed by atoms with van der Waals surface area (Å²) in [4.78, 5) is 30.4. The number of nitrogens with zero attached hydrogens (tertiary/aromatic N) is 2. The van der Waals surface area contributed by atoms with Crippen molar-refractivity contribution in [3.8, 4) is 0 Å². The van der Waals surface area contributed by atoms with Gasteiger partial charge in [0.15, 0.2) is 0 Å². The third-order valence-corrected chi connectivity index (χ3v) is 4.09. The maximum absolute atomic E-state index is 12.8. The van der Waals surface area contributed by atoms with Crippen LogP contribution in [0.3, 0.4) is 0 Å². The maximum atomic E-state index is 12.8. The van der Waals surface area contributed by atoms with E-state index in [2.05, 4.69) is 15.6 Å². The summed E-state index contributed by atoms with van der Waals surface area (Å²) in [7, 11) is 4.85. The molecule has 132 valence electrons. The smallest absolute Gasteiger partial charge is 0.254 e. The summed E-state index contributed by atoms with van der Waals surface area (Å²) in [5, 5.41) is 5.50. The molecule has 1 aromatic rings. The van der Waals surface area contributed by atoms with Crippen molar-refractivity contribution in [3.63, 3.8) is 0 Å². The van der Waals surface area contributed by atoms with E-state index >= 15 is 0 Å². The Labute approximate surface area is 141 Å². The monoisotopic (exact) mass is 336 g/mol. The van der Waals surface area contributed by atoms with Gasteiger partial charge in [0.25, 0.3) is 5.91 Å². The largest absolute Gasteiger partial charge is 0.377 e. The summed E-state index contributed by atoms with van der Waals surface area (Å²) in [6.45, 7) is 1.38. The predicted octanol–water partition coefficient (Wildman–Crippen LogP) is 0.117. The third kappa shape index (κ3) is 4.21. The summed E-state index contributed by atoms with van der Waals surface area (Å²) < 4.78 is 11.2. The molecule has 0 aromatic carbocycles. The zero-order valence-electron chi connectivity index (χ0n) is 14.3.